The number of rotatable bonds is 3. The quantitative estimate of drug-likeness (QED) is 0.709. The lowest BCUT2D eigenvalue weighted by Crippen LogP contribution is -2.08. The number of H-pyrrole nitrogens is 1. The first-order valence-corrected chi connectivity index (χ1v) is 7.12. The Kier molecular flexibility index (Phi) is 3.47. The van der Waals surface area contributed by atoms with Crippen LogP contribution in [0.5, 0.6) is 5.75 Å². The van der Waals surface area contributed by atoms with Gasteiger partial charge in [-0.25, -0.2) is 4.68 Å². The van der Waals surface area contributed by atoms with Crippen molar-refractivity contribution >= 4 is 33.6 Å². The van der Waals surface area contributed by atoms with Gasteiger partial charge < -0.3 is 9.72 Å². The predicted octanol–water partition coefficient (Wildman–Crippen LogP) is 2.39. The van der Waals surface area contributed by atoms with Gasteiger partial charge in [0.05, 0.1) is 28.8 Å². The highest BCUT2D eigenvalue weighted by Gasteiger charge is 2.09. The Bertz CT molecular complexity index is 805. The molecule has 0 unspecified atom stereocenters. The third kappa shape index (κ3) is 2.31. The van der Waals surface area contributed by atoms with Crippen molar-refractivity contribution in [2.24, 2.45) is 0 Å². The number of nitrogens with one attached hydrogen (secondary N) is 1. The molecule has 6 heteroatoms. The summed E-state index contributed by atoms with van der Waals surface area (Å²) < 4.78 is 7.58. The molecule has 0 amide bonds. The summed E-state index contributed by atoms with van der Waals surface area (Å²) in [4.78, 5) is 15.1. The van der Waals surface area contributed by atoms with Crippen LogP contribution in [0.25, 0.3) is 11.0 Å². The molecule has 0 aliphatic rings. The first-order valence-electron chi connectivity index (χ1n) is 6.04. The molecule has 0 saturated carbocycles. The average molecular weight is 381 g/mol. The second-order valence-electron chi connectivity index (χ2n) is 4.38. The summed E-state index contributed by atoms with van der Waals surface area (Å²) >= 11 is 2.02. The number of aromatic nitrogens is 3. The Labute approximate surface area is 128 Å². The number of methoxy groups -OCH3 is 1. The van der Waals surface area contributed by atoms with Gasteiger partial charge in [0.25, 0.3) is 0 Å². The Balaban J connectivity index is 1.98. The highest BCUT2D eigenvalue weighted by Crippen LogP contribution is 2.14. The zero-order valence-electron chi connectivity index (χ0n) is 10.8. The van der Waals surface area contributed by atoms with E-state index in [1.54, 1.807) is 24.2 Å². The van der Waals surface area contributed by atoms with Crippen LogP contribution >= 0.6 is 22.6 Å². The minimum atomic E-state index is 0.0142. The molecule has 5 nitrogen and oxygen atoms in total. The maximum absolute atomic E-state index is 12.0. The van der Waals surface area contributed by atoms with E-state index in [1.807, 2.05) is 46.9 Å². The molecule has 2 heterocycles. The predicted molar refractivity (Wildman–Crippen MR) is 85.2 cm³/mol. The van der Waals surface area contributed by atoms with Crippen LogP contribution in [0, 0.1) is 3.57 Å². The molecule has 2 aromatic heterocycles. The topological polar surface area (TPSA) is 59.9 Å². The second-order valence-corrected chi connectivity index (χ2v) is 5.54. The van der Waals surface area contributed by atoms with Gasteiger partial charge in [-0.2, -0.15) is 5.10 Å². The van der Waals surface area contributed by atoms with Gasteiger partial charge in [-0.05, 0) is 40.3 Å². The van der Waals surface area contributed by atoms with Gasteiger partial charge in [0.2, 0.25) is 5.43 Å². The molecule has 1 N–H and O–H groups in total. The molecular formula is C14H12IN3O2. The molecule has 1 aromatic carbocycles. The average Bonchev–Trinajstić information content (AvgIpc) is 2.87. The summed E-state index contributed by atoms with van der Waals surface area (Å²) in [6.45, 7) is 0.601. The van der Waals surface area contributed by atoms with E-state index in [4.69, 9.17) is 4.74 Å². The van der Waals surface area contributed by atoms with Crippen LogP contribution in [-0.4, -0.2) is 21.9 Å². The van der Waals surface area contributed by atoms with Crippen molar-refractivity contribution in [3.05, 3.63) is 56.0 Å². The molecule has 0 spiro atoms. The molecule has 0 aliphatic heterocycles. The van der Waals surface area contributed by atoms with Crippen LogP contribution in [0.4, 0.5) is 0 Å². The molecule has 102 valence electrons. The first-order chi connectivity index (χ1) is 9.69. The van der Waals surface area contributed by atoms with Gasteiger partial charge in [0.1, 0.15) is 11.4 Å². The summed E-state index contributed by atoms with van der Waals surface area (Å²) in [5.41, 5.74) is 1.85. The summed E-state index contributed by atoms with van der Waals surface area (Å²) in [5.74, 6) is 0.821. The fourth-order valence-electron chi connectivity index (χ4n) is 2.05. The van der Waals surface area contributed by atoms with E-state index in [0.29, 0.717) is 15.5 Å². The second kappa shape index (κ2) is 5.28. The first kappa shape index (κ1) is 13.2. The van der Waals surface area contributed by atoms with Gasteiger partial charge >= 0.3 is 0 Å². The number of benzene rings is 1. The fraction of sp³-hybridized carbons (Fsp3) is 0.143. The van der Waals surface area contributed by atoms with E-state index in [1.165, 1.54) is 0 Å². The minimum absolute atomic E-state index is 0.0142. The Morgan fingerprint density at radius 1 is 1.35 bits per heavy atom. The lowest BCUT2D eigenvalue weighted by atomic mass is 10.2. The van der Waals surface area contributed by atoms with E-state index >= 15 is 0 Å². The molecule has 0 radical (unpaired) electrons. The van der Waals surface area contributed by atoms with Crippen molar-refractivity contribution in [2.45, 2.75) is 6.54 Å². The zero-order valence-corrected chi connectivity index (χ0v) is 12.9. The van der Waals surface area contributed by atoms with Crippen molar-refractivity contribution in [1.82, 2.24) is 14.8 Å². The zero-order chi connectivity index (χ0) is 14.1. The number of fused-ring (bicyclic) bond motifs is 1. The van der Waals surface area contributed by atoms with Crippen LogP contribution in [0.15, 0.2) is 41.5 Å². The summed E-state index contributed by atoms with van der Waals surface area (Å²) in [6, 6.07) is 7.79. The van der Waals surface area contributed by atoms with E-state index in [0.717, 1.165) is 17.0 Å². The smallest absolute Gasteiger partial charge is 0.205 e. The summed E-state index contributed by atoms with van der Waals surface area (Å²) in [7, 11) is 1.64. The fourth-order valence-corrected chi connectivity index (χ4v) is 2.50. The van der Waals surface area contributed by atoms with Crippen molar-refractivity contribution in [3.8, 4) is 5.75 Å². The molecule has 0 bridgehead atoms. The number of ether oxygens (including phenoxy) is 1. The number of hydrogen-bond acceptors (Lipinski definition) is 3. The monoisotopic (exact) mass is 381 g/mol. The minimum Gasteiger partial charge on any atom is -0.497 e. The summed E-state index contributed by atoms with van der Waals surface area (Å²) in [5, 5.41) is 4.90. The number of nitrogens with zero attached hydrogens (tertiary/aromatic N) is 2. The normalized spacial score (nSPS) is 10.9. The Hall–Kier alpha value is -1.83. The molecule has 0 saturated heterocycles. The van der Waals surface area contributed by atoms with Gasteiger partial charge in [-0.3, -0.25) is 4.79 Å². The van der Waals surface area contributed by atoms with Gasteiger partial charge in [-0.15, -0.1) is 0 Å². The summed E-state index contributed by atoms with van der Waals surface area (Å²) in [6.07, 6.45) is 3.32. The van der Waals surface area contributed by atoms with Crippen molar-refractivity contribution in [1.29, 1.82) is 0 Å². The standard InChI is InChI=1S/C14H12IN3O2/c1-20-10-4-2-9(3-5-10)8-18-14-11(6-17-18)13(19)12(15)7-16-14/h2-7H,8H2,1H3,(H,16,19). The van der Waals surface area contributed by atoms with E-state index < -0.39 is 0 Å². The third-order valence-electron chi connectivity index (χ3n) is 3.13. The molecule has 0 atom stereocenters. The van der Waals surface area contributed by atoms with Crippen LogP contribution in [0.3, 0.4) is 0 Å². The maximum Gasteiger partial charge on any atom is 0.205 e. The van der Waals surface area contributed by atoms with E-state index in [9.17, 15) is 4.79 Å². The van der Waals surface area contributed by atoms with Crippen molar-refractivity contribution < 1.29 is 4.74 Å². The Morgan fingerprint density at radius 2 is 2.10 bits per heavy atom. The molecular weight excluding hydrogens is 369 g/mol. The SMILES string of the molecule is COc1ccc(Cn2ncc3c(=O)c(I)c[nH]c32)cc1. The van der Waals surface area contributed by atoms with Crippen LogP contribution < -0.4 is 10.2 Å². The lowest BCUT2D eigenvalue weighted by molar-refractivity contribution is 0.414. The van der Waals surface area contributed by atoms with Crippen LogP contribution in [0.1, 0.15) is 5.56 Å². The van der Waals surface area contributed by atoms with E-state index in [-0.39, 0.29) is 5.43 Å². The number of halogens is 1. The van der Waals surface area contributed by atoms with Gasteiger partial charge in [0.15, 0.2) is 0 Å². The molecule has 20 heavy (non-hydrogen) atoms. The molecule has 3 aromatic rings. The van der Waals surface area contributed by atoms with Gasteiger partial charge in [-0.1, -0.05) is 12.1 Å². The highest BCUT2D eigenvalue weighted by atomic mass is 127. The number of pyridine rings is 1. The molecule has 0 aliphatic carbocycles. The third-order valence-corrected chi connectivity index (χ3v) is 3.93. The lowest BCUT2D eigenvalue weighted by Gasteiger charge is -2.05. The molecule has 3 rings (SSSR count). The number of hydrogen-bond donors (Lipinski definition) is 1. The maximum atomic E-state index is 12.0. The van der Waals surface area contributed by atoms with Crippen molar-refractivity contribution in [3.63, 3.8) is 0 Å². The number of aromatic amines is 1. The highest BCUT2D eigenvalue weighted by molar-refractivity contribution is 14.1. The van der Waals surface area contributed by atoms with Crippen LogP contribution in [0.2, 0.25) is 0 Å². The molecule has 0 fully saturated rings. The van der Waals surface area contributed by atoms with Crippen molar-refractivity contribution in [2.75, 3.05) is 7.11 Å². The van der Waals surface area contributed by atoms with E-state index in [2.05, 4.69) is 10.1 Å². The van der Waals surface area contributed by atoms with Crippen LogP contribution in [-0.2, 0) is 6.54 Å². The largest absolute Gasteiger partial charge is 0.497 e. The Morgan fingerprint density at radius 3 is 2.80 bits per heavy atom. The van der Waals surface area contributed by atoms with Gasteiger partial charge in [0, 0.05) is 6.20 Å².